The van der Waals surface area contributed by atoms with Crippen LogP contribution < -0.4 is 5.32 Å². The van der Waals surface area contributed by atoms with Crippen molar-refractivity contribution in [2.75, 3.05) is 24.2 Å². The maximum atomic E-state index is 3.27. The Morgan fingerprint density at radius 2 is 2.19 bits per heavy atom. The Bertz CT molecular complexity index is 396. The first kappa shape index (κ1) is 11.3. The third-order valence-corrected chi connectivity index (χ3v) is 3.63. The zero-order valence-corrected chi connectivity index (χ0v) is 10.3. The van der Waals surface area contributed by atoms with E-state index in [1.807, 2.05) is 36.2 Å². The Kier molecular flexibility index (Phi) is 4.05. The number of hydrogen-bond acceptors (Lipinski definition) is 2. The predicted octanol–water partition coefficient (Wildman–Crippen LogP) is 2.79. The molecule has 0 bridgehead atoms. The van der Waals surface area contributed by atoms with E-state index in [4.69, 9.17) is 0 Å². The molecule has 0 atom stereocenters. The fourth-order valence-electron chi connectivity index (χ4n) is 1.67. The summed E-state index contributed by atoms with van der Waals surface area (Å²) >= 11 is 1.93. The predicted molar refractivity (Wildman–Crippen MR) is 72.3 cm³/mol. The maximum Gasteiger partial charge on any atom is 0.236 e. The minimum absolute atomic E-state index is 1.10. The van der Waals surface area contributed by atoms with Crippen LogP contribution in [0.3, 0.4) is 0 Å². The van der Waals surface area contributed by atoms with Gasteiger partial charge in [0.2, 0.25) is 5.04 Å². The van der Waals surface area contributed by atoms with E-state index >= 15 is 0 Å². The molecule has 84 valence electrons. The minimum atomic E-state index is 1.10. The van der Waals surface area contributed by atoms with Gasteiger partial charge in [0, 0.05) is 18.0 Å². The minimum Gasteiger partial charge on any atom is -0.361 e. The second-order valence-electron chi connectivity index (χ2n) is 3.61. The first-order valence-corrected chi connectivity index (χ1v) is 6.61. The van der Waals surface area contributed by atoms with Gasteiger partial charge in [0.1, 0.15) is 6.54 Å². The second-order valence-corrected chi connectivity index (χ2v) is 4.73. The lowest BCUT2D eigenvalue weighted by molar-refractivity contribution is -0.513. The monoisotopic (exact) mass is 233 g/mol. The molecular formula is C13H17N2S+. The van der Waals surface area contributed by atoms with Crippen LogP contribution in [0.5, 0.6) is 0 Å². The molecule has 16 heavy (non-hydrogen) atoms. The molecule has 3 heteroatoms. The average molecular weight is 233 g/mol. The van der Waals surface area contributed by atoms with Gasteiger partial charge in [-0.25, -0.2) is 4.58 Å². The van der Waals surface area contributed by atoms with E-state index in [2.05, 4.69) is 35.0 Å². The standard InChI is InChI=1S/C13H16N2S/c1-2-15-10-11-16-13(15)8-9-14-12-6-4-3-5-7-12/h3-9H,2,10-11H2,1H3/p+1. The van der Waals surface area contributed by atoms with E-state index in [0.29, 0.717) is 0 Å². The van der Waals surface area contributed by atoms with Crippen molar-refractivity contribution < 1.29 is 4.58 Å². The molecule has 0 amide bonds. The van der Waals surface area contributed by atoms with E-state index in [1.165, 1.54) is 17.3 Å². The maximum absolute atomic E-state index is 3.27. The lowest BCUT2D eigenvalue weighted by atomic mass is 10.3. The van der Waals surface area contributed by atoms with Crippen molar-refractivity contribution in [1.82, 2.24) is 0 Å². The van der Waals surface area contributed by atoms with Crippen molar-refractivity contribution >= 4 is 22.5 Å². The molecule has 0 fully saturated rings. The molecule has 0 spiro atoms. The molecule has 1 aliphatic heterocycles. The van der Waals surface area contributed by atoms with E-state index in [0.717, 1.165) is 12.2 Å². The second kappa shape index (κ2) is 5.75. The highest BCUT2D eigenvalue weighted by atomic mass is 32.2. The van der Waals surface area contributed by atoms with Crippen LogP contribution in [0.2, 0.25) is 0 Å². The molecule has 2 rings (SSSR count). The molecule has 1 N–H and O–H groups in total. The highest BCUT2D eigenvalue weighted by molar-refractivity contribution is 8.14. The molecular weight excluding hydrogens is 216 g/mol. The Balaban J connectivity index is 1.95. The molecule has 0 saturated heterocycles. The first-order chi connectivity index (χ1) is 7.90. The van der Waals surface area contributed by atoms with Gasteiger partial charge in [-0.15, -0.1) is 0 Å². The quantitative estimate of drug-likeness (QED) is 0.804. The Labute approximate surface area is 101 Å². The van der Waals surface area contributed by atoms with Crippen molar-refractivity contribution in [2.24, 2.45) is 0 Å². The van der Waals surface area contributed by atoms with Crippen molar-refractivity contribution in [2.45, 2.75) is 6.92 Å². The normalized spacial score (nSPS) is 16.1. The largest absolute Gasteiger partial charge is 0.361 e. The topological polar surface area (TPSA) is 15.0 Å². The van der Waals surface area contributed by atoms with Gasteiger partial charge in [-0.2, -0.15) is 0 Å². The van der Waals surface area contributed by atoms with Crippen LogP contribution in [0.4, 0.5) is 5.69 Å². The molecule has 0 aliphatic carbocycles. The van der Waals surface area contributed by atoms with Gasteiger partial charge in [-0.05, 0) is 19.1 Å². The van der Waals surface area contributed by atoms with E-state index < -0.39 is 0 Å². The molecule has 1 heterocycles. The SMILES string of the molecule is CC[N+]1=C(/C=C\Nc2ccccc2)SCC1. The number of anilines is 1. The number of rotatable bonds is 4. The zero-order chi connectivity index (χ0) is 11.2. The number of thioether (sulfide) groups is 1. The molecule has 1 aromatic carbocycles. The van der Waals surface area contributed by atoms with Crippen molar-refractivity contribution in [1.29, 1.82) is 0 Å². The van der Waals surface area contributed by atoms with Gasteiger partial charge in [-0.3, -0.25) is 0 Å². The summed E-state index contributed by atoms with van der Waals surface area (Å²) < 4.78 is 2.40. The Morgan fingerprint density at radius 1 is 1.38 bits per heavy atom. The van der Waals surface area contributed by atoms with Crippen molar-refractivity contribution in [3.63, 3.8) is 0 Å². The van der Waals surface area contributed by atoms with Crippen LogP contribution in [-0.4, -0.2) is 28.5 Å². The zero-order valence-electron chi connectivity index (χ0n) is 9.52. The van der Waals surface area contributed by atoms with E-state index in [1.54, 1.807) is 0 Å². The smallest absolute Gasteiger partial charge is 0.236 e. The highest BCUT2D eigenvalue weighted by Gasteiger charge is 2.18. The summed E-state index contributed by atoms with van der Waals surface area (Å²) in [5.74, 6) is 1.21. The van der Waals surface area contributed by atoms with Crippen LogP contribution in [0.15, 0.2) is 42.6 Å². The van der Waals surface area contributed by atoms with E-state index in [-0.39, 0.29) is 0 Å². The number of para-hydroxylation sites is 1. The molecule has 0 saturated carbocycles. The van der Waals surface area contributed by atoms with Crippen LogP contribution >= 0.6 is 11.8 Å². The summed E-state index contributed by atoms with van der Waals surface area (Å²) in [5.41, 5.74) is 1.13. The van der Waals surface area contributed by atoms with Gasteiger partial charge in [0.15, 0.2) is 6.54 Å². The van der Waals surface area contributed by atoms with Gasteiger partial charge in [0.25, 0.3) is 0 Å². The van der Waals surface area contributed by atoms with Crippen molar-refractivity contribution in [3.8, 4) is 0 Å². The van der Waals surface area contributed by atoms with Crippen molar-refractivity contribution in [3.05, 3.63) is 42.6 Å². The number of benzene rings is 1. The van der Waals surface area contributed by atoms with Gasteiger partial charge < -0.3 is 5.32 Å². The van der Waals surface area contributed by atoms with Gasteiger partial charge in [0.05, 0.1) is 5.75 Å². The highest BCUT2D eigenvalue weighted by Crippen LogP contribution is 2.13. The molecule has 1 aliphatic rings. The van der Waals surface area contributed by atoms with E-state index in [9.17, 15) is 0 Å². The first-order valence-electron chi connectivity index (χ1n) is 5.63. The lowest BCUT2D eigenvalue weighted by Crippen LogP contribution is -2.12. The summed E-state index contributed by atoms with van der Waals surface area (Å²) in [6.45, 7) is 4.47. The fourth-order valence-corrected chi connectivity index (χ4v) is 2.76. The van der Waals surface area contributed by atoms with Crippen LogP contribution in [0.1, 0.15) is 6.92 Å². The lowest BCUT2D eigenvalue weighted by Gasteiger charge is -1.98. The summed E-state index contributed by atoms with van der Waals surface area (Å²) in [5, 5.41) is 4.64. The summed E-state index contributed by atoms with van der Waals surface area (Å²) in [7, 11) is 0. The van der Waals surface area contributed by atoms with Gasteiger partial charge in [-0.1, -0.05) is 30.0 Å². The summed E-state index contributed by atoms with van der Waals surface area (Å²) in [6, 6.07) is 10.2. The third-order valence-electron chi connectivity index (χ3n) is 2.55. The molecule has 0 unspecified atom stereocenters. The summed E-state index contributed by atoms with van der Waals surface area (Å²) in [6.07, 6.45) is 4.18. The molecule has 1 aromatic rings. The summed E-state index contributed by atoms with van der Waals surface area (Å²) in [4.78, 5) is 0. The van der Waals surface area contributed by atoms with Crippen LogP contribution in [0.25, 0.3) is 0 Å². The molecule has 0 radical (unpaired) electrons. The number of nitrogens with zero attached hydrogens (tertiary/aromatic N) is 1. The van der Waals surface area contributed by atoms with Crippen LogP contribution in [0, 0.1) is 0 Å². The fraction of sp³-hybridized carbons (Fsp3) is 0.308. The molecule has 2 nitrogen and oxygen atoms in total. The third kappa shape index (κ3) is 2.89. The Morgan fingerprint density at radius 3 is 2.94 bits per heavy atom. The number of hydrogen-bond donors (Lipinski definition) is 1. The Hall–Kier alpha value is -1.22. The van der Waals surface area contributed by atoms with Crippen LogP contribution in [-0.2, 0) is 0 Å². The average Bonchev–Trinajstić information content (AvgIpc) is 2.78. The van der Waals surface area contributed by atoms with Gasteiger partial charge >= 0.3 is 0 Å². The number of nitrogens with one attached hydrogen (secondary N) is 1. The molecule has 0 aromatic heterocycles.